The molecule has 3 aliphatic rings. The highest BCUT2D eigenvalue weighted by molar-refractivity contribution is 5.78. The maximum absolute atomic E-state index is 13.2. The van der Waals surface area contributed by atoms with Crippen molar-refractivity contribution < 1.29 is 9.90 Å². The topological polar surface area (TPSA) is 55.8 Å². The van der Waals surface area contributed by atoms with Crippen molar-refractivity contribution in [3.63, 3.8) is 0 Å². The molecule has 5 heteroatoms. The van der Waals surface area contributed by atoms with E-state index in [1.54, 1.807) is 0 Å². The number of benzene rings is 2. The Morgan fingerprint density at radius 3 is 2.57 bits per heavy atom. The Morgan fingerprint density at radius 2 is 1.83 bits per heavy atom. The Morgan fingerprint density at radius 1 is 1.07 bits per heavy atom. The van der Waals surface area contributed by atoms with Gasteiger partial charge < -0.3 is 20.2 Å². The first kappa shape index (κ1) is 19.4. The summed E-state index contributed by atoms with van der Waals surface area (Å²) in [6.07, 6.45) is 5.51. The molecule has 2 aliphatic heterocycles. The van der Waals surface area contributed by atoms with Crippen LogP contribution in [-0.4, -0.2) is 48.3 Å². The van der Waals surface area contributed by atoms with E-state index >= 15 is 0 Å². The van der Waals surface area contributed by atoms with Crippen LogP contribution in [-0.2, 0) is 0 Å². The number of carbonyl (C=O) groups excluding carboxylic acids is 1. The summed E-state index contributed by atoms with van der Waals surface area (Å²) in [4.78, 5) is 17.5. The van der Waals surface area contributed by atoms with Crippen LogP contribution in [0.1, 0.15) is 43.7 Å². The molecule has 3 atom stereocenters. The molecule has 1 saturated heterocycles. The molecule has 5 nitrogen and oxygen atoms in total. The molecule has 2 fully saturated rings. The van der Waals surface area contributed by atoms with Gasteiger partial charge in [-0.3, -0.25) is 0 Å². The van der Waals surface area contributed by atoms with Gasteiger partial charge in [0.2, 0.25) is 0 Å². The number of anilines is 1. The third kappa shape index (κ3) is 3.25. The molecule has 0 radical (unpaired) electrons. The van der Waals surface area contributed by atoms with E-state index in [4.69, 9.17) is 0 Å². The summed E-state index contributed by atoms with van der Waals surface area (Å²) < 4.78 is 0. The van der Waals surface area contributed by atoms with Crippen LogP contribution < -0.4 is 10.2 Å². The fourth-order valence-corrected chi connectivity index (χ4v) is 5.82. The number of carbonyl (C=O) groups is 1. The van der Waals surface area contributed by atoms with Crippen LogP contribution in [0.4, 0.5) is 10.5 Å². The first-order valence-corrected chi connectivity index (χ1v) is 11.3. The monoisotopic (exact) mass is 405 g/mol. The molecule has 2 amide bonds. The second-order valence-corrected chi connectivity index (χ2v) is 9.02. The average Bonchev–Trinajstić information content (AvgIpc) is 3.44. The van der Waals surface area contributed by atoms with Crippen LogP contribution in [0.15, 0.2) is 48.5 Å². The van der Waals surface area contributed by atoms with Crippen molar-refractivity contribution in [3.05, 3.63) is 54.1 Å². The van der Waals surface area contributed by atoms with Crippen molar-refractivity contribution in [2.45, 2.75) is 50.2 Å². The third-order valence-electron chi connectivity index (χ3n) is 7.40. The highest BCUT2D eigenvalue weighted by Gasteiger charge is 2.47. The minimum absolute atomic E-state index is 0.0124. The third-order valence-corrected chi connectivity index (χ3v) is 7.40. The van der Waals surface area contributed by atoms with Crippen LogP contribution in [0.2, 0.25) is 0 Å². The number of likely N-dealkylation sites (tertiary alicyclic amines) is 1. The summed E-state index contributed by atoms with van der Waals surface area (Å²) in [7, 11) is 2.07. The molecule has 2 heterocycles. The van der Waals surface area contributed by atoms with Gasteiger partial charge >= 0.3 is 6.03 Å². The first-order valence-electron chi connectivity index (χ1n) is 11.3. The van der Waals surface area contributed by atoms with E-state index in [-0.39, 0.29) is 30.6 Å². The lowest BCUT2D eigenvalue weighted by atomic mass is 9.81. The lowest BCUT2D eigenvalue weighted by molar-refractivity contribution is 0.158. The number of nitrogens with zero attached hydrogens (tertiary/aromatic N) is 2. The summed E-state index contributed by atoms with van der Waals surface area (Å²) in [5.74, 6) is 0.243. The zero-order valence-corrected chi connectivity index (χ0v) is 17.6. The van der Waals surface area contributed by atoms with Crippen molar-refractivity contribution in [2.75, 3.05) is 25.1 Å². The molecule has 0 unspecified atom stereocenters. The predicted octanol–water partition coefficient (Wildman–Crippen LogP) is 4.18. The highest BCUT2D eigenvalue weighted by atomic mass is 16.3. The molecule has 1 saturated carbocycles. The first-order chi connectivity index (χ1) is 14.7. The summed E-state index contributed by atoms with van der Waals surface area (Å²) in [5.41, 5.74) is 4.68. The molecule has 0 bridgehead atoms. The molecule has 2 N–H and O–H groups in total. The normalized spacial score (nSPS) is 25.9. The molecule has 2 aromatic carbocycles. The van der Waals surface area contributed by atoms with E-state index in [1.165, 1.54) is 29.5 Å². The van der Waals surface area contributed by atoms with E-state index in [1.807, 2.05) is 11.0 Å². The predicted molar refractivity (Wildman–Crippen MR) is 119 cm³/mol. The van der Waals surface area contributed by atoms with Gasteiger partial charge in [0.15, 0.2) is 0 Å². The quantitative estimate of drug-likeness (QED) is 0.805. The van der Waals surface area contributed by atoms with E-state index in [0.29, 0.717) is 6.04 Å². The number of nitrogens with one attached hydrogen (secondary N) is 1. The number of urea groups is 1. The number of likely N-dealkylation sites (N-methyl/N-ethyl adjacent to an activating group) is 1. The van der Waals surface area contributed by atoms with Crippen LogP contribution in [0.25, 0.3) is 11.1 Å². The standard InChI is InChI=1S/C25H31N3O2/c1-27-22-12-11-18(17-7-3-2-4-8-17)15-21(22)24-20(23(27)16-29)13-14-28(24)25(30)26-19-9-5-6-10-19/h2-4,7-8,11-12,15,19-20,23-24,29H,5-6,9-10,13-14,16H2,1H3,(H,26,30)/t20-,23+,24-/m0/s1. The van der Waals surface area contributed by atoms with Crippen molar-refractivity contribution in [3.8, 4) is 11.1 Å². The maximum atomic E-state index is 13.2. The van der Waals surface area contributed by atoms with Crippen LogP contribution >= 0.6 is 0 Å². The number of aliphatic hydroxyl groups is 1. The number of aliphatic hydroxyl groups excluding tert-OH is 1. The minimum atomic E-state index is 0.0124. The van der Waals surface area contributed by atoms with Gasteiger partial charge in [-0.25, -0.2) is 4.79 Å². The second kappa shape index (κ2) is 7.95. The lowest BCUT2D eigenvalue weighted by Gasteiger charge is -2.44. The van der Waals surface area contributed by atoms with Gasteiger partial charge in [-0.2, -0.15) is 0 Å². The maximum Gasteiger partial charge on any atom is 0.318 e. The average molecular weight is 406 g/mol. The van der Waals surface area contributed by atoms with Crippen LogP contribution in [0, 0.1) is 5.92 Å². The number of hydrogen-bond donors (Lipinski definition) is 2. The van der Waals surface area contributed by atoms with Crippen molar-refractivity contribution in [2.24, 2.45) is 5.92 Å². The van der Waals surface area contributed by atoms with E-state index in [2.05, 4.69) is 59.7 Å². The van der Waals surface area contributed by atoms with Crippen molar-refractivity contribution >= 4 is 11.7 Å². The van der Waals surface area contributed by atoms with E-state index < -0.39 is 0 Å². The van der Waals surface area contributed by atoms with Gasteiger partial charge in [0.1, 0.15) is 0 Å². The molecular formula is C25H31N3O2. The smallest absolute Gasteiger partial charge is 0.318 e. The minimum Gasteiger partial charge on any atom is -0.394 e. The van der Waals surface area contributed by atoms with E-state index in [9.17, 15) is 9.90 Å². The summed E-state index contributed by atoms with van der Waals surface area (Å²) in [6.45, 7) is 0.850. The number of amides is 2. The number of fused-ring (bicyclic) bond motifs is 3. The zero-order valence-electron chi connectivity index (χ0n) is 17.6. The number of hydrogen-bond acceptors (Lipinski definition) is 3. The molecule has 158 valence electrons. The summed E-state index contributed by atoms with van der Waals surface area (Å²) >= 11 is 0. The summed E-state index contributed by atoms with van der Waals surface area (Å²) in [6, 6.07) is 17.4. The number of rotatable bonds is 3. The molecule has 1 aliphatic carbocycles. The second-order valence-electron chi connectivity index (χ2n) is 9.02. The van der Waals surface area contributed by atoms with Gasteiger partial charge in [0, 0.05) is 31.2 Å². The molecule has 0 spiro atoms. The Labute approximate surface area is 178 Å². The van der Waals surface area contributed by atoms with Crippen LogP contribution in [0.5, 0.6) is 0 Å². The van der Waals surface area contributed by atoms with Crippen molar-refractivity contribution in [1.29, 1.82) is 0 Å². The van der Waals surface area contributed by atoms with Gasteiger partial charge in [-0.15, -0.1) is 0 Å². The van der Waals surface area contributed by atoms with Crippen LogP contribution in [0.3, 0.4) is 0 Å². The largest absolute Gasteiger partial charge is 0.394 e. The van der Waals surface area contributed by atoms with Gasteiger partial charge in [0.05, 0.1) is 18.7 Å². The Bertz CT molecular complexity index is 910. The zero-order chi connectivity index (χ0) is 20.7. The van der Waals surface area contributed by atoms with Gasteiger partial charge in [-0.1, -0.05) is 49.2 Å². The SMILES string of the molecule is CN1c2ccc(-c3ccccc3)cc2[C@@H]2[C@@H](CCN2C(=O)NC2CCCC2)[C@H]1CO. The Hall–Kier alpha value is -2.53. The Balaban J connectivity index is 1.52. The van der Waals surface area contributed by atoms with Gasteiger partial charge in [0.25, 0.3) is 0 Å². The molecule has 2 aromatic rings. The molecular weight excluding hydrogens is 374 g/mol. The summed E-state index contributed by atoms with van der Waals surface area (Å²) in [5, 5.41) is 13.4. The molecule has 5 rings (SSSR count). The van der Waals surface area contributed by atoms with E-state index in [0.717, 1.165) is 31.5 Å². The Kier molecular flexibility index (Phi) is 5.15. The lowest BCUT2D eigenvalue weighted by Crippen LogP contribution is -2.50. The fourth-order valence-electron chi connectivity index (χ4n) is 5.82. The molecule has 0 aromatic heterocycles. The molecule has 30 heavy (non-hydrogen) atoms. The van der Waals surface area contributed by atoms with Gasteiger partial charge in [-0.05, 0) is 48.1 Å². The highest BCUT2D eigenvalue weighted by Crippen LogP contribution is 2.49. The van der Waals surface area contributed by atoms with Crippen molar-refractivity contribution in [1.82, 2.24) is 10.2 Å². The fraction of sp³-hybridized carbons (Fsp3) is 0.480.